The molecule has 2 rings (SSSR count). The molecule has 0 atom stereocenters. The number of nitrogens with one attached hydrogen (secondary N) is 2. The first-order valence-electron chi connectivity index (χ1n) is 7.50. The van der Waals surface area contributed by atoms with Crippen LogP contribution in [0.1, 0.15) is 51.9 Å². The number of amides is 4. The number of urea groups is 1. The molecule has 1 aliphatic heterocycles. The van der Waals surface area contributed by atoms with Crippen LogP contribution in [0.4, 0.5) is 4.79 Å². The Kier molecular flexibility index (Phi) is 4.62. The second-order valence-electron chi connectivity index (χ2n) is 5.63. The molecule has 1 saturated carbocycles. The first-order valence-corrected chi connectivity index (χ1v) is 7.50. The molecule has 0 bridgehead atoms. The fraction of sp³-hybridized carbons (Fsp3) is 0.786. The van der Waals surface area contributed by atoms with Crippen LogP contribution >= 0.6 is 0 Å². The van der Waals surface area contributed by atoms with Crippen molar-refractivity contribution < 1.29 is 14.4 Å². The van der Waals surface area contributed by atoms with E-state index in [0.717, 1.165) is 38.5 Å². The van der Waals surface area contributed by atoms with Crippen LogP contribution in [0.3, 0.4) is 0 Å². The van der Waals surface area contributed by atoms with Crippen molar-refractivity contribution in [3.05, 3.63) is 0 Å². The number of imide groups is 1. The zero-order valence-electron chi connectivity index (χ0n) is 12.0. The summed E-state index contributed by atoms with van der Waals surface area (Å²) in [5.74, 6) is -0.257. The largest absolute Gasteiger partial charge is 0.356 e. The van der Waals surface area contributed by atoms with Crippen molar-refractivity contribution in [1.82, 2.24) is 15.5 Å². The summed E-state index contributed by atoms with van der Waals surface area (Å²) in [6, 6.07) is -0.349. The van der Waals surface area contributed by atoms with E-state index in [4.69, 9.17) is 0 Å². The zero-order valence-corrected chi connectivity index (χ0v) is 12.0. The van der Waals surface area contributed by atoms with E-state index in [1.54, 1.807) is 0 Å². The molecule has 112 valence electrons. The van der Waals surface area contributed by atoms with Gasteiger partial charge >= 0.3 is 6.03 Å². The molecule has 1 spiro atoms. The highest BCUT2D eigenvalue weighted by molar-refractivity contribution is 6.07. The minimum Gasteiger partial charge on any atom is -0.356 e. The third-order valence-electron chi connectivity index (χ3n) is 4.12. The third kappa shape index (κ3) is 2.94. The Labute approximate surface area is 119 Å². The molecular weight excluding hydrogens is 258 g/mol. The predicted molar refractivity (Wildman–Crippen MR) is 74.0 cm³/mol. The van der Waals surface area contributed by atoms with Crippen LogP contribution < -0.4 is 10.6 Å². The Morgan fingerprint density at radius 2 is 2.05 bits per heavy atom. The molecule has 1 aliphatic carbocycles. The van der Waals surface area contributed by atoms with Gasteiger partial charge in [-0.2, -0.15) is 0 Å². The van der Waals surface area contributed by atoms with Gasteiger partial charge in [-0.1, -0.05) is 26.2 Å². The number of carbonyl (C=O) groups excluding carboxylic acids is 3. The number of unbranched alkanes of at least 4 members (excludes halogenated alkanes) is 1. The Balaban J connectivity index is 1.82. The molecule has 20 heavy (non-hydrogen) atoms. The standard InChI is InChI=1S/C14H23N3O3/c1-2-3-9-15-11(18)6-10-17-12(19)14(16-13(17)20)7-4-5-8-14/h2-10H2,1H3,(H,15,18)(H,16,20). The molecule has 2 aliphatic rings. The first-order chi connectivity index (χ1) is 9.59. The molecule has 4 amide bonds. The van der Waals surface area contributed by atoms with Crippen molar-refractivity contribution in [2.24, 2.45) is 0 Å². The highest BCUT2D eigenvalue weighted by Crippen LogP contribution is 2.34. The van der Waals surface area contributed by atoms with Crippen molar-refractivity contribution in [2.75, 3.05) is 13.1 Å². The van der Waals surface area contributed by atoms with E-state index in [0.29, 0.717) is 6.54 Å². The van der Waals surface area contributed by atoms with Crippen molar-refractivity contribution in [1.29, 1.82) is 0 Å². The second-order valence-corrected chi connectivity index (χ2v) is 5.63. The number of nitrogens with zero attached hydrogens (tertiary/aromatic N) is 1. The molecule has 0 radical (unpaired) electrons. The molecular formula is C14H23N3O3. The maximum atomic E-state index is 12.3. The fourth-order valence-corrected chi connectivity index (χ4v) is 2.90. The summed E-state index contributed by atoms with van der Waals surface area (Å²) >= 11 is 0. The summed E-state index contributed by atoms with van der Waals surface area (Å²) in [6.07, 6.45) is 5.52. The van der Waals surface area contributed by atoms with Crippen molar-refractivity contribution in [3.63, 3.8) is 0 Å². The van der Waals surface area contributed by atoms with Crippen LogP contribution in [0.2, 0.25) is 0 Å². The summed E-state index contributed by atoms with van der Waals surface area (Å²) in [7, 11) is 0. The Morgan fingerprint density at radius 3 is 2.70 bits per heavy atom. The van der Waals surface area contributed by atoms with Gasteiger partial charge in [0.2, 0.25) is 5.91 Å². The normalized spacial score (nSPS) is 20.6. The molecule has 1 saturated heterocycles. The van der Waals surface area contributed by atoms with Gasteiger partial charge in [0, 0.05) is 19.5 Å². The molecule has 0 unspecified atom stereocenters. The van der Waals surface area contributed by atoms with Gasteiger partial charge < -0.3 is 10.6 Å². The molecule has 6 heteroatoms. The summed E-state index contributed by atoms with van der Waals surface area (Å²) < 4.78 is 0. The van der Waals surface area contributed by atoms with Crippen molar-refractivity contribution in [3.8, 4) is 0 Å². The van der Waals surface area contributed by atoms with Crippen molar-refractivity contribution >= 4 is 17.8 Å². The van der Waals surface area contributed by atoms with Gasteiger partial charge in [0.1, 0.15) is 5.54 Å². The molecule has 2 N–H and O–H groups in total. The average molecular weight is 281 g/mol. The number of hydrogen-bond acceptors (Lipinski definition) is 3. The highest BCUT2D eigenvalue weighted by atomic mass is 16.2. The van der Waals surface area contributed by atoms with E-state index < -0.39 is 5.54 Å². The van der Waals surface area contributed by atoms with E-state index in [1.165, 1.54) is 4.90 Å². The van der Waals surface area contributed by atoms with Crippen LogP contribution in [-0.2, 0) is 9.59 Å². The van der Waals surface area contributed by atoms with Gasteiger partial charge in [0.05, 0.1) is 0 Å². The Morgan fingerprint density at radius 1 is 1.35 bits per heavy atom. The topological polar surface area (TPSA) is 78.5 Å². The van der Waals surface area contributed by atoms with Gasteiger partial charge in [-0.3, -0.25) is 14.5 Å². The molecule has 6 nitrogen and oxygen atoms in total. The maximum Gasteiger partial charge on any atom is 0.325 e. The van der Waals surface area contributed by atoms with Crippen LogP contribution in [0.15, 0.2) is 0 Å². The second kappa shape index (κ2) is 6.24. The monoisotopic (exact) mass is 281 g/mol. The van der Waals surface area contributed by atoms with Gasteiger partial charge in [0.15, 0.2) is 0 Å². The van der Waals surface area contributed by atoms with Crippen LogP contribution in [-0.4, -0.2) is 41.4 Å². The summed E-state index contributed by atoms with van der Waals surface area (Å²) in [6.45, 7) is 2.88. The SMILES string of the molecule is CCCCNC(=O)CCN1C(=O)NC2(CCCC2)C1=O. The minimum atomic E-state index is -0.671. The lowest BCUT2D eigenvalue weighted by Gasteiger charge is -2.19. The zero-order chi connectivity index (χ0) is 14.6. The summed E-state index contributed by atoms with van der Waals surface area (Å²) in [5, 5.41) is 5.60. The Hall–Kier alpha value is -1.59. The van der Waals surface area contributed by atoms with E-state index in [9.17, 15) is 14.4 Å². The van der Waals surface area contributed by atoms with Gasteiger partial charge in [-0.15, -0.1) is 0 Å². The molecule has 0 aromatic heterocycles. The Bertz CT molecular complexity index is 402. The lowest BCUT2D eigenvalue weighted by molar-refractivity contribution is -0.131. The van der Waals surface area contributed by atoms with E-state index in [-0.39, 0.29) is 30.8 Å². The van der Waals surface area contributed by atoms with E-state index in [1.807, 2.05) is 0 Å². The van der Waals surface area contributed by atoms with Crippen LogP contribution in [0.25, 0.3) is 0 Å². The lowest BCUT2D eigenvalue weighted by Crippen LogP contribution is -2.44. The van der Waals surface area contributed by atoms with E-state index in [2.05, 4.69) is 17.6 Å². The number of hydrogen-bond donors (Lipinski definition) is 2. The van der Waals surface area contributed by atoms with Crippen molar-refractivity contribution in [2.45, 2.75) is 57.4 Å². The molecule has 0 aromatic carbocycles. The molecule has 0 aromatic rings. The fourth-order valence-electron chi connectivity index (χ4n) is 2.90. The first kappa shape index (κ1) is 14.8. The number of carbonyl (C=O) groups is 3. The highest BCUT2D eigenvalue weighted by Gasteiger charge is 2.52. The molecule has 2 fully saturated rings. The quantitative estimate of drug-likeness (QED) is 0.566. The summed E-state index contributed by atoms with van der Waals surface area (Å²) in [5.41, 5.74) is -0.671. The van der Waals surface area contributed by atoms with Gasteiger partial charge in [0.25, 0.3) is 5.91 Å². The third-order valence-corrected chi connectivity index (χ3v) is 4.12. The molecule has 1 heterocycles. The van der Waals surface area contributed by atoms with Crippen LogP contribution in [0.5, 0.6) is 0 Å². The van der Waals surface area contributed by atoms with Gasteiger partial charge in [-0.05, 0) is 19.3 Å². The predicted octanol–water partition coefficient (Wildman–Crippen LogP) is 1.16. The average Bonchev–Trinajstić information content (AvgIpc) is 2.96. The van der Waals surface area contributed by atoms with Crippen LogP contribution in [0, 0.1) is 0 Å². The maximum absolute atomic E-state index is 12.3. The smallest absolute Gasteiger partial charge is 0.325 e. The minimum absolute atomic E-state index is 0.105. The number of rotatable bonds is 6. The van der Waals surface area contributed by atoms with E-state index >= 15 is 0 Å². The lowest BCUT2D eigenvalue weighted by atomic mass is 9.98. The van der Waals surface area contributed by atoms with Gasteiger partial charge in [-0.25, -0.2) is 4.79 Å². The summed E-state index contributed by atoms with van der Waals surface area (Å²) in [4.78, 5) is 37.0.